The monoisotopic (exact) mass is 216 g/mol. The molecule has 0 aromatic heterocycles. The minimum absolute atomic E-state index is 0.196. The molecular weight excluding hydrogens is 195 g/mol. The van der Waals surface area contributed by atoms with Crippen LogP contribution >= 0.6 is 0 Å². The second kappa shape index (κ2) is 6.82. The van der Waals surface area contributed by atoms with Gasteiger partial charge in [-0.3, -0.25) is 4.79 Å². The molecule has 88 valence electrons. The third kappa shape index (κ3) is 7.36. The Kier molecular flexibility index (Phi) is 6.55. The van der Waals surface area contributed by atoms with E-state index >= 15 is 0 Å². The summed E-state index contributed by atoms with van der Waals surface area (Å²) in [6, 6.07) is 0. The zero-order valence-electron chi connectivity index (χ0n) is 9.90. The first kappa shape index (κ1) is 14.4. The van der Waals surface area contributed by atoms with Gasteiger partial charge in [0.05, 0.1) is 12.5 Å². The summed E-state index contributed by atoms with van der Waals surface area (Å²) in [4.78, 5) is 13.1. The molecule has 0 aliphatic rings. The quantitative estimate of drug-likeness (QED) is 0.502. The van der Waals surface area contributed by atoms with Crippen LogP contribution < -0.4 is 5.32 Å². The number of amides is 1. The van der Waals surface area contributed by atoms with Crippen molar-refractivity contribution in [1.29, 1.82) is 0 Å². The van der Waals surface area contributed by atoms with Gasteiger partial charge in [-0.15, -0.1) is 0 Å². The average molecular weight is 216 g/mol. The molecule has 5 nitrogen and oxygen atoms in total. The van der Waals surface area contributed by atoms with E-state index in [-0.39, 0.29) is 12.5 Å². The van der Waals surface area contributed by atoms with E-state index < -0.39 is 13.1 Å². The fourth-order valence-corrected chi connectivity index (χ4v) is 1.30. The summed E-state index contributed by atoms with van der Waals surface area (Å²) in [5, 5.41) is 20.7. The summed E-state index contributed by atoms with van der Waals surface area (Å²) >= 11 is 0. The molecule has 0 rings (SSSR count). The lowest BCUT2D eigenvalue weighted by atomic mass is 9.75. The summed E-state index contributed by atoms with van der Waals surface area (Å²) in [7, 11) is 2.07. The molecule has 1 atom stereocenters. The van der Waals surface area contributed by atoms with Gasteiger partial charge in [0.15, 0.2) is 0 Å². The van der Waals surface area contributed by atoms with E-state index in [9.17, 15) is 4.79 Å². The number of carbonyl (C=O) groups excluding carboxylic acids is 1. The first-order valence-electron chi connectivity index (χ1n) is 5.13. The highest BCUT2D eigenvalue weighted by molar-refractivity contribution is 6.43. The van der Waals surface area contributed by atoms with Crippen LogP contribution in [0.15, 0.2) is 0 Å². The topological polar surface area (TPSA) is 72.8 Å². The van der Waals surface area contributed by atoms with Gasteiger partial charge in [-0.05, 0) is 26.4 Å². The average Bonchev–Trinajstić information content (AvgIpc) is 1.99. The minimum atomic E-state index is -1.50. The molecule has 0 saturated carbocycles. The lowest BCUT2D eigenvalue weighted by Crippen LogP contribution is -2.49. The van der Waals surface area contributed by atoms with Crippen LogP contribution in [0.2, 0.25) is 0 Å². The second-order valence-corrected chi connectivity index (χ2v) is 4.45. The molecule has 0 bridgehead atoms. The molecule has 0 aliphatic heterocycles. The van der Waals surface area contributed by atoms with Crippen molar-refractivity contribution in [2.24, 2.45) is 5.92 Å². The van der Waals surface area contributed by atoms with Crippen LogP contribution in [0.3, 0.4) is 0 Å². The van der Waals surface area contributed by atoms with Crippen molar-refractivity contribution in [1.82, 2.24) is 10.2 Å². The normalized spacial score (nSPS) is 13.1. The standard InChI is InChI=1S/C9H21BN2O3/c1-7(2)5-8(10(14)15)11-9(13)6-12(3)4/h7-8,14-15H,5-6H2,1-4H3,(H,11,13)/t8-/m0/s1. The lowest BCUT2D eigenvalue weighted by molar-refractivity contribution is -0.122. The first-order chi connectivity index (χ1) is 6.82. The van der Waals surface area contributed by atoms with Gasteiger partial charge in [0.2, 0.25) is 5.91 Å². The number of nitrogens with one attached hydrogen (secondary N) is 1. The molecule has 3 N–H and O–H groups in total. The SMILES string of the molecule is CC(C)C[C@H](NC(=O)CN(C)C)B(O)O. The minimum Gasteiger partial charge on any atom is -0.426 e. The van der Waals surface area contributed by atoms with Crippen LogP contribution in [-0.2, 0) is 4.79 Å². The van der Waals surface area contributed by atoms with Crippen molar-refractivity contribution < 1.29 is 14.8 Å². The molecule has 0 aliphatic carbocycles. The predicted octanol–water partition coefficient (Wildman–Crippen LogP) is -0.909. The zero-order valence-corrected chi connectivity index (χ0v) is 9.90. The van der Waals surface area contributed by atoms with Gasteiger partial charge >= 0.3 is 7.12 Å². The van der Waals surface area contributed by atoms with Gasteiger partial charge in [0.1, 0.15) is 0 Å². The molecule has 15 heavy (non-hydrogen) atoms. The van der Waals surface area contributed by atoms with Crippen molar-refractivity contribution in [2.75, 3.05) is 20.6 Å². The van der Waals surface area contributed by atoms with Crippen LogP contribution in [0, 0.1) is 5.92 Å². The van der Waals surface area contributed by atoms with E-state index in [4.69, 9.17) is 10.0 Å². The Morgan fingerprint density at radius 1 is 1.40 bits per heavy atom. The van der Waals surface area contributed by atoms with Crippen LogP contribution in [0.4, 0.5) is 0 Å². The molecule has 0 spiro atoms. The highest BCUT2D eigenvalue weighted by Gasteiger charge is 2.25. The number of hydrogen-bond acceptors (Lipinski definition) is 4. The van der Waals surface area contributed by atoms with Crippen LogP contribution in [0.5, 0.6) is 0 Å². The summed E-state index contributed by atoms with van der Waals surface area (Å²) in [5.74, 6) is -0.479. The molecule has 0 unspecified atom stereocenters. The summed E-state index contributed by atoms with van der Waals surface area (Å²) < 4.78 is 0. The summed E-state index contributed by atoms with van der Waals surface area (Å²) in [6.07, 6.45) is 0.552. The molecule has 0 heterocycles. The Labute approximate surface area is 91.6 Å². The number of carbonyl (C=O) groups is 1. The maximum atomic E-state index is 11.4. The predicted molar refractivity (Wildman–Crippen MR) is 60.1 cm³/mol. The van der Waals surface area contributed by atoms with E-state index in [2.05, 4.69) is 5.32 Å². The molecule has 0 aromatic carbocycles. The lowest BCUT2D eigenvalue weighted by Gasteiger charge is -2.20. The zero-order chi connectivity index (χ0) is 12.0. The summed E-state index contributed by atoms with van der Waals surface area (Å²) in [5.41, 5.74) is 0. The van der Waals surface area contributed by atoms with Crippen molar-refractivity contribution >= 4 is 13.0 Å². The fourth-order valence-electron chi connectivity index (χ4n) is 1.30. The van der Waals surface area contributed by atoms with Gasteiger partial charge in [0, 0.05) is 0 Å². The highest BCUT2D eigenvalue weighted by Crippen LogP contribution is 2.05. The largest absolute Gasteiger partial charge is 0.475 e. The van der Waals surface area contributed by atoms with Gasteiger partial charge in [-0.1, -0.05) is 13.8 Å². The van der Waals surface area contributed by atoms with Gasteiger partial charge in [-0.25, -0.2) is 0 Å². The van der Waals surface area contributed by atoms with Crippen molar-refractivity contribution in [3.63, 3.8) is 0 Å². The molecule has 0 fully saturated rings. The number of nitrogens with zero attached hydrogens (tertiary/aromatic N) is 1. The Hall–Kier alpha value is -0.585. The molecule has 0 saturated heterocycles. The number of rotatable bonds is 6. The summed E-state index contributed by atoms with van der Waals surface area (Å²) in [6.45, 7) is 4.18. The molecule has 0 radical (unpaired) electrons. The van der Waals surface area contributed by atoms with Crippen molar-refractivity contribution in [3.05, 3.63) is 0 Å². The number of likely N-dealkylation sites (N-methyl/N-ethyl adjacent to an activating group) is 1. The van der Waals surface area contributed by atoms with Gasteiger partial charge in [0.25, 0.3) is 0 Å². The van der Waals surface area contributed by atoms with Crippen molar-refractivity contribution in [3.8, 4) is 0 Å². The number of hydrogen-bond donors (Lipinski definition) is 3. The molecule has 6 heteroatoms. The second-order valence-electron chi connectivity index (χ2n) is 4.45. The Morgan fingerprint density at radius 2 is 1.93 bits per heavy atom. The molecule has 1 amide bonds. The van der Waals surface area contributed by atoms with E-state index in [1.54, 1.807) is 19.0 Å². The first-order valence-corrected chi connectivity index (χ1v) is 5.13. The van der Waals surface area contributed by atoms with Gasteiger partial charge < -0.3 is 20.3 Å². The maximum Gasteiger partial charge on any atom is 0.475 e. The molecule has 0 aromatic rings. The molecular formula is C9H21BN2O3. The third-order valence-corrected chi connectivity index (χ3v) is 1.89. The van der Waals surface area contributed by atoms with Crippen LogP contribution in [0.1, 0.15) is 20.3 Å². The Morgan fingerprint density at radius 3 is 2.27 bits per heavy atom. The van der Waals surface area contributed by atoms with E-state index in [0.717, 1.165) is 0 Å². The maximum absolute atomic E-state index is 11.4. The van der Waals surface area contributed by atoms with Crippen LogP contribution in [0.25, 0.3) is 0 Å². The fraction of sp³-hybridized carbons (Fsp3) is 0.889. The van der Waals surface area contributed by atoms with E-state index in [1.165, 1.54) is 0 Å². The van der Waals surface area contributed by atoms with Gasteiger partial charge in [-0.2, -0.15) is 0 Å². The smallest absolute Gasteiger partial charge is 0.426 e. The highest BCUT2D eigenvalue weighted by atomic mass is 16.4. The van der Waals surface area contributed by atoms with Crippen LogP contribution in [-0.4, -0.2) is 54.6 Å². The van der Waals surface area contributed by atoms with E-state index in [1.807, 2.05) is 13.8 Å². The van der Waals surface area contributed by atoms with E-state index in [0.29, 0.717) is 12.3 Å². The third-order valence-electron chi connectivity index (χ3n) is 1.89. The Bertz CT molecular complexity index is 198. The van der Waals surface area contributed by atoms with Crippen molar-refractivity contribution in [2.45, 2.75) is 26.2 Å². The Balaban J connectivity index is 4.10.